The Balaban J connectivity index is 1.54. The molecular weight excluding hydrogens is 624 g/mol. The first-order valence-electron chi connectivity index (χ1n) is 13.7. The Kier molecular flexibility index (Phi) is 8.71. The van der Waals surface area contributed by atoms with E-state index in [1.165, 1.54) is 25.3 Å². The van der Waals surface area contributed by atoms with Crippen molar-refractivity contribution in [3.8, 4) is 11.1 Å². The molecule has 0 unspecified atom stereocenters. The maximum absolute atomic E-state index is 14.3. The zero-order valence-corrected chi connectivity index (χ0v) is 24.5. The van der Waals surface area contributed by atoms with E-state index in [1.807, 2.05) is 0 Å². The summed E-state index contributed by atoms with van der Waals surface area (Å²) < 4.78 is 109. The molecule has 0 aliphatic carbocycles. The number of nitrogens with zero attached hydrogens (tertiary/aromatic N) is 3. The number of alkyl halides is 3. The molecule has 0 radical (unpaired) electrons. The molecule has 0 saturated heterocycles. The monoisotopic (exact) mass is 649 g/mol. The van der Waals surface area contributed by atoms with Crippen LogP contribution in [0.4, 0.5) is 26.3 Å². The number of halogens is 6. The summed E-state index contributed by atoms with van der Waals surface area (Å²) in [7, 11) is -3.79. The Hall–Kier alpha value is -4.33. The Bertz CT molecular complexity index is 1900. The minimum absolute atomic E-state index is 0.00384. The molecule has 0 spiro atoms. The van der Waals surface area contributed by atoms with Gasteiger partial charge in [-0.1, -0.05) is 12.1 Å². The van der Waals surface area contributed by atoms with Gasteiger partial charge >= 0.3 is 6.18 Å². The highest BCUT2D eigenvalue weighted by Crippen LogP contribution is 2.37. The van der Waals surface area contributed by atoms with E-state index >= 15 is 0 Å². The molecule has 1 atom stereocenters. The van der Waals surface area contributed by atoms with Crippen LogP contribution in [0.2, 0.25) is 0 Å². The highest BCUT2D eigenvalue weighted by atomic mass is 32.2. The van der Waals surface area contributed by atoms with Crippen molar-refractivity contribution >= 4 is 21.4 Å². The second kappa shape index (κ2) is 12.2. The van der Waals surface area contributed by atoms with E-state index in [1.54, 1.807) is 12.1 Å². The minimum atomic E-state index is -4.95. The third-order valence-electron chi connectivity index (χ3n) is 7.54. The fourth-order valence-electron chi connectivity index (χ4n) is 5.60. The van der Waals surface area contributed by atoms with Gasteiger partial charge in [-0.05, 0) is 54.8 Å². The molecule has 2 aromatic heterocycles. The number of hydrogen-bond donors (Lipinski definition) is 0. The molecule has 0 fully saturated rings. The van der Waals surface area contributed by atoms with E-state index < -0.39 is 80.3 Å². The second-order valence-electron chi connectivity index (χ2n) is 10.9. The Morgan fingerprint density at radius 2 is 1.73 bits per heavy atom. The van der Waals surface area contributed by atoms with Crippen LogP contribution in [0.5, 0.6) is 0 Å². The summed E-state index contributed by atoms with van der Waals surface area (Å²) in [6.45, 7) is 0.569. The summed E-state index contributed by atoms with van der Waals surface area (Å²) in [5.41, 5.74) is -0.833. The van der Waals surface area contributed by atoms with E-state index in [-0.39, 0.29) is 41.8 Å². The molecule has 0 amide bonds. The second-order valence-corrected chi connectivity index (χ2v) is 13.1. The van der Waals surface area contributed by atoms with Gasteiger partial charge in [-0.2, -0.15) is 18.3 Å². The standard InChI is InChI=1S/C31H25F6N3O4S/c1-17(41)25-13-19(4-5-27(25)34)24-3-2-7-38-29(24)20(9-18-10-21(32)14-22(33)11-18)12-23(42)15-40-28-6-8-45(43,44)16-26(28)30(39-40)31(35,36)37/h2-5,7,10-11,13-14,20H,6,8-9,12,15-16H2,1H3/t20-/m1/s1. The van der Waals surface area contributed by atoms with Crippen LogP contribution in [0.15, 0.2) is 54.7 Å². The number of benzene rings is 2. The molecule has 14 heteroatoms. The third kappa shape index (κ3) is 7.16. The number of pyridine rings is 1. The van der Waals surface area contributed by atoms with Crippen molar-refractivity contribution in [1.82, 2.24) is 14.8 Å². The first-order chi connectivity index (χ1) is 21.1. The largest absolute Gasteiger partial charge is 0.435 e. The Morgan fingerprint density at radius 1 is 1.02 bits per heavy atom. The maximum atomic E-state index is 14.3. The van der Waals surface area contributed by atoms with E-state index in [2.05, 4.69) is 10.1 Å². The van der Waals surface area contributed by atoms with Crippen molar-refractivity contribution in [3.05, 3.63) is 106 Å². The normalized spacial score (nSPS) is 15.0. The molecule has 5 rings (SSSR count). The highest BCUT2D eigenvalue weighted by Gasteiger charge is 2.42. The Morgan fingerprint density at radius 3 is 2.40 bits per heavy atom. The van der Waals surface area contributed by atoms with Crippen LogP contribution in [0, 0.1) is 17.5 Å². The van der Waals surface area contributed by atoms with Gasteiger partial charge in [0.25, 0.3) is 0 Å². The molecule has 1 aliphatic rings. The van der Waals surface area contributed by atoms with Gasteiger partial charge in [-0.3, -0.25) is 19.3 Å². The fourth-order valence-corrected chi connectivity index (χ4v) is 6.99. The highest BCUT2D eigenvalue weighted by molar-refractivity contribution is 7.90. The molecule has 2 aromatic carbocycles. The predicted molar refractivity (Wildman–Crippen MR) is 150 cm³/mol. The number of carbonyl (C=O) groups is 2. The average molecular weight is 650 g/mol. The number of ketones is 2. The number of fused-ring (bicyclic) bond motifs is 1. The molecule has 236 valence electrons. The summed E-state index contributed by atoms with van der Waals surface area (Å²) in [6.07, 6.45) is -4.27. The summed E-state index contributed by atoms with van der Waals surface area (Å²) in [6, 6.07) is 9.85. The van der Waals surface area contributed by atoms with E-state index in [4.69, 9.17) is 0 Å². The van der Waals surface area contributed by atoms with E-state index in [9.17, 15) is 44.3 Å². The van der Waals surface area contributed by atoms with Crippen molar-refractivity contribution in [1.29, 1.82) is 0 Å². The van der Waals surface area contributed by atoms with Gasteiger partial charge in [0.1, 0.15) is 17.5 Å². The lowest BCUT2D eigenvalue weighted by molar-refractivity contribution is -0.142. The zero-order valence-electron chi connectivity index (χ0n) is 23.7. The van der Waals surface area contributed by atoms with Crippen LogP contribution < -0.4 is 0 Å². The van der Waals surface area contributed by atoms with Gasteiger partial charge in [0.2, 0.25) is 0 Å². The first kappa shape index (κ1) is 32.1. The molecule has 0 N–H and O–H groups in total. The SMILES string of the molecule is CC(=O)c1cc(-c2cccnc2[C@@H](CC(=O)Cn2nc(C(F)(F)F)c3c2CCS(=O)(=O)C3)Cc2cc(F)cc(F)c2)ccc1F. The lowest BCUT2D eigenvalue weighted by Crippen LogP contribution is -2.23. The quantitative estimate of drug-likeness (QED) is 0.162. The number of hydrogen-bond acceptors (Lipinski definition) is 6. The average Bonchev–Trinajstić information content (AvgIpc) is 3.28. The zero-order chi connectivity index (χ0) is 32.7. The number of aromatic nitrogens is 3. The molecule has 3 heterocycles. The lowest BCUT2D eigenvalue weighted by Gasteiger charge is -2.20. The molecular formula is C31H25F6N3O4S. The number of Topliss-reactive ketones (excluding diaryl/α,β-unsaturated/α-hetero) is 2. The smallest absolute Gasteiger partial charge is 0.298 e. The van der Waals surface area contributed by atoms with Crippen molar-refractivity contribution in [3.63, 3.8) is 0 Å². The number of carbonyl (C=O) groups excluding carboxylic acids is 2. The maximum Gasteiger partial charge on any atom is 0.435 e. The van der Waals surface area contributed by atoms with Crippen LogP contribution in [-0.4, -0.2) is 40.5 Å². The Labute approximate surface area is 253 Å². The molecule has 45 heavy (non-hydrogen) atoms. The van der Waals surface area contributed by atoms with Crippen LogP contribution in [0.25, 0.3) is 11.1 Å². The fraction of sp³-hybridized carbons (Fsp3) is 0.290. The van der Waals surface area contributed by atoms with Crippen LogP contribution in [0.1, 0.15) is 57.8 Å². The van der Waals surface area contributed by atoms with Crippen LogP contribution in [0.3, 0.4) is 0 Å². The lowest BCUT2D eigenvalue weighted by atomic mass is 9.86. The molecule has 1 aliphatic heterocycles. The van der Waals surface area contributed by atoms with Gasteiger partial charge < -0.3 is 0 Å². The van der Waals surface area contributed by atoms with Crippen molar-refractivity contribution < 1.29 is 44.3 Å². The third-order valence-corrected chi connectivity index (χ3v) is 9.09. The van der Waals surface area contributed by atoms with Gasteiger partial charge in [-0.25, -0.2) is 21.6 Å². The van der Waals surface area contributed by atoms with Crippen molar-refractivity contribution in [2.24, 2.45) is 0 Å². The van der Waals surface area contributed by atoms with Gasteiger partial charge in [0, 0.05) is 47.8 Å². The predicted octanol–water partition coefficient (Wildman–Crippen LogP) is 6.04. The summed E-state index contributed by atoms with van der Waals surface area (Å²) >= 11 is 0. The molecule has 7 nitrogen and oxygen atoms in total. The van der Waals surface area contributed by atoms with Crippen molar-refractivity contribution in [2.75, 3.05) is 5.75 Å². The van der Waals surface area contributed by atoms with Gasteiger partial charge in [0.15, 0.2) is 27.1 Å². The van der Waals surface area contributed by atoms with Gasteiger partial charge in [0.05, 0.1) is 29.3 Å². The van der Waals surface area contributed by atoms with Crippen LogP contribution >= 0.6 is 0 Å². The molecule has 0 saturated carbocycles. The van der Waals surface area contributed by atoms with E-state index in [0.29, 0.717) is 17.2 Å². The van der Waals surface area contributed by atoms with Crippen LogP contribution in [-0.2, 0) is 45.9 Å². The van der Waals surface area contributed by atoms with Crippen molar-refractivity contribution in [2.45, 2.75) is 50.6 Å². The molecule has 0 bridgehead atoms. The summed E-state index contributed by atoms with van der Waals surface area (Å²) in [4.78, 5) is 29.9. The van der Waals surface area contributed by atoms with E-state index in [0.717, 1.165) is 22.9 Å². The minimum Gasteiger partial charge on any atom is -0.298 e. The number of rotatable bonds is 9. The number of sulfone groups is 1. The topological polar surface area (TPSA) is 99.0 Å². The van der Waals surface area contributed by atoms with Gasteiger partial charge in [-0.15, -0.1) is 0 Å². The summed E-state index contributed by atoms with van der Waals surface area (Å²) in [5, 5.41) is 3.58. The first-order valence-corrected chi connectivity index (χ1v) is 15.5. The summed E-state index contributed by atoms with van der Waals surface area (Å²) in [5.74, 6) is -5.74. The molecule has 4 aromatic rings.